The van der Waals surface area contributed by atoms with E-state index < -0.39 is 0 Å². The van der Waals surface area contributed by atoms with E-state index >= 15 is 0 Å². The lowest BCUT2D eigenvalue weighted by atomic mass is 9.43. The van der Waals surface area contributed by atoms with Crippen LogP contribution < -0.4 is 0 Å². The Bertz CT molecular complexity index is 745. The minimum Gasteiger partial charge on any atom is -0.402 e. The Labute approximate surface area is 163 Å². The lowest BCUT2D eigenvalue weighted by molar-refractivity contribution is -0.199. The fourth-order valence-corrected chi connectivity index (χ4v) is 6.10. The first-order valence-corrected chi connectivity index (χ1v) is 10.6. The van der Waals surface area contributed by atoms with Crippen molar-refractivity contribution in [1.82, 2.24) is 0 Å². The lowest BCUT2D eigenvalue weighted by Crippen LogP contribution is -2.65. The summed E-state index contributed by atoms with van der Waals surface area (Å²) in [5.74, 6) is 1.76. The Balaban J connectivity index is 1.39. The van der Waals surface area contributed by atoms with E-state index in [1.165, 1.54) is 17.5 Å². The Morgan fingerprint density at radius 3 is 2.59 bits per heavy atom. The van der Waals surface area contributed by atoms with E-state index in [1.807, 2.05) is 0 Å². The van der Waals surface area contributed by atoms with E-state index in [0.717, 1.165) is 25.4 Å². The predicted molar refractivity (Wildman–Crippen MR) is 107 cm³/mol. The lowest BCUT2D eigenvalue weighted by Gasteiger charge is -2.64. The maximum absolute atomic E-state index is 6.72. The molecule has 6 atom stereocenters. The van der Waals surface area contributed by atoms with E-state index in [1.54, 1.807) is 0 Å². The van der Waals surface area contributed by atoms with Gasteiger partial charge in [0.25, 0.3) is 0 Å². The summed E-state index contributed by atoms with van der Waals surface area (Å²) in [5, 5.41) is 0. The van der Waals surface area contributed by atoms with Crippen LogP contribution in [0.25, 0.3) is 0 Å². The fraction of sp³-hybridized carbons (Fsp3) is 0.652. The highest BCUT2D eigenvalue weighted by atomic mass is 16.7. The third-order valence-electron chi connectivity index (χ3n) is 7.90. The van der Waals surface area contributed by atoms with Gasteiger partial charge in [-0.1, -0.05) is 57.2 Å². The van der Waals surface area contributed by atoms with Gasteiger partial charge in [0.2, 0.25) is 0 Å². The average molecular weight is 366 g/mol. The fourth-order valence-electron chi connectivity index (χ4n) is 6.10. The van der Waals surface area contributed by atoms with Crippen molar-refractivity contribution in [3.05, 3.63) is 47.4 Å². The van der Waals surface area contributed by atoms with Crippen LogP contribution in [-0.4, -0.2) is 25.4 Å². The summed E-state index contributed by atoms with van der Waals surface area (Å²) in [6.07, 6.45) is 5.92. The van der Waals surface area contributed by atoms with E-state index in [4.69, 9.17) is 14.0 Å². The highest BCUT2D eigenvalue weighted by Gasteiger charge is 2.68. The minimum atomic E-state index is -0.217. The van der Waals surface area contributed by atoms with Crippen LogP contribution in [0.15, 0.2) is 41.9 Å². The number of rotatable bonds is 2. The van der Waals surface area contributed by atoms with Crippen molar-refractivity contribution >= 4 is 7.12 Å². The molecule has 0 spiro atoms. The first-order valence-electron chi connectivity index (χ1n) is 10.6. The van der Waals surface area contributed by atoms with Crippen LogP contribution in [0.4, 0.5) is 0 Å². The number of hydrogen-bond acceptors (Lipinski definition) is 3. The molecule has 4 fully saturated rings. The van der Waals surface area contributed by atoms with Crippen LogP contribution in [0, 0.1) is 23.2 Å². The standard InChI is InChI=1S/C23H31BO3/c1-15-10-18(13-19(25-14-15)16-8-6-5-7-9-16)24-26-21-12-17-11-20(22(17,2)3)23(21,4)27-24/h5-10,15,17,19-21H,11-14H2,1-4H3/t15-,17+,19+,20+,21-,23+/m0/s1. The monoisotopic (exact) mass is 366 g/mol. The van der Waals surface area contributed by atoms with Crippen LogP contribution in [-0.2, 0) is 14.0 Å². The molecular weight excluding hydrogens is 335 g/mol. The molecule has 0 radical (unpaired) electrons. The van der Waals surface area contributed by atoms with E-state index in [0.29, 0.717) is 17.3 Å². The number of ether oxygens (including phenoxy) is 1. The van der Waals surface area contributed by atoms with Crippen LogP contribution >= 0.6 is 0 Å². The summed E-state index contributed by atoms with van der Waals surface area (Å²) in [4.78, 5) is 0. The highest BCUT2D eigenvalue weighted by molar-refractivity contribution is 6.54. The summed E-state index contributed by atoms with van der Waals surface area (Å²) in [6, 6.07) is 10.6. The van der Waals surface area contributed by atoms with Gasteiger partial charge in [0.1, 0.15) is 0 Å². The molecule has 3 aliphatic carbocycles. The molecule has 27 heavy (non-hydrogen) atoms. The minimum absolute atomic E-state index is 0.0788. The smallest absolute Gasteiger partial charge is 0.402 e. The van der Waals surface area contributed by atoms with E-state index in [2.05, 4.69) is 64.1 Å². The summed E-state index contributed by atoms with van der Waals surface area (Å²) in [7, 11) is -0.217. The molecule has 0 amide bonds. The molecule has 1 aromatic rings. The molecule has 1 aromatic carbocycles. The zero-order valence-electron chi connectivity index (χ0n) is 17.0. The van der Waals surface area contributed by atoms with Gasteiger partial charge in [0, 0.05) is 0 Å². The molecule has 0 unspecified atom stereocenters. The second-order valence-electron chi connectivity index (χ2n) is 9.96. The van der Waals surface area contributed by atoms with Gasteiger partial charge < -0.3 is 14.0 Å². The Hall–Kier alpha value is -1.10. The summed E-state index contributed by atoms with van der Waals surface area (Å²) >= 11 is 0. The zero-order chi connectivity index (χ0) is 18.8. The molecule has 1 saturated heterocycles. The van der Waals surface area contributed by atoms with Gasteiger partial charge in [-0.15, -0.1) is 0 Å². The largest absolute Gasteiger partial charge is 0.490 e. The van der Waals surface area contributed by atoms with Crippen molar-refractivity contribution in [2.75, 3.05) is 6.61 Å². The second-order valence-corrected chi connectivity index (χ2v) is 9.96. The molecule has 3 nitrogen and oxygen atoms in total. The van der Waals surface area contributed by atoms with Crippen molar-refractivity contribution in [1.29, 1.82) is 0 Å². The predicted octanol–water partition coefficient (Wildman–Crippen LogP) is 4.98. The number of benzene rings is 1. The summed E-state index contributed by atoms with van der Waals surface area (Å²) < 4.78 is 19.5. The topological polar surface area (TPSA) is 27.7 Å². The normalized spacial score (nSPS) is 42.7. The quantitative estimate of drug-likeness (QED) is 0.691. The molecule has 0 N–H and O–H groups in total. The molecule has 6 rings (SSSR count). The molecule has 4 heteroatoms. The first kappa shape index (κ1) is 18.0. The first-order chi connectivity index (χ1) is 12.9. The molecule has 0 aromatic heterocycles. The van der Waals surface area contributed by atoms with E-state index in [-0.39, 0.29) is 24.9 Å². The molecule has 144 valence electrons. The third kappa shape index (κ3) is 2.75. The SMILES string of the molecule is C[C@H]1C=C(B2O[C@H]3C[C@H]4C[C@H](C4(C)C)[C@@]3(C)O2)C[C@H](c2ccccc2)OC1. The molecule has 2 bridgehead atoms. The maximum atomic E-state index is 6.72. The van der Waals surface area contributed by atoms with Crippen molar-refractivity contribution in [2.24, 2.45) is 23.2 Å². The van der Waals surface area contributed by atoms with Gasteiger partial charge in [-0.2, -0.15) is 0 Å². The second kappa shape index (κ2) is 6.20. The Morgan fingerprint density at radius 1 is 1.07 bits per heavy atom. The highest BCUT2D eigenvalue weighted by Crippen LogP contribution is 2.66. The van der Waals surface area contributed by atoms with Crippen LogP contribution in [0.5, 0.6) is 0 Å². The molecule has 2 heterocycles. The number of hydrogen-bond donors (Lipinski definition) is 0. The molecule has 5 aliphatic rings. The van der Waals surface area contributed by atoms with Crippen LogP contribution in [0.2, 0.25) is 0 Å². The van der Waals surface area contributed by atoms with Gasteiger partial charge in [0.15, 0.2) is 0 Å². The van der Waals surface area contributed by atoms with Crippen molar-refractivity contribution in [3.63, 3.8) is 0 Å². The molecule has 2 aliphatic heterocycles. The van der Waals surface area contributed by atoms with Crippen molar-refractivity contribution in [3.8, 4) is 0 Å². The van der Waals surface area contributed by atoms with Crippen molar-refractivity contribution < 1.29 is 14.0 Å². The zero-order valence-corrected chi connectivity index (χ0v) is 17.0. The van der Waals surface area contributed by atoms with E-state index in [9.17, 15) is 0 Å². The third-order valence-corrected chi connectivity index (χ3v) is 7.90. The molecule has 3 saturated carbocycles. The summed E-state index contributed by atoms with van der Waals surface area (Å²) in [5.41, 5.74) is 2.73. The van der Waals surface area contributed by atoms with Gasteiger partial charge in [0.05, 0.1) is 24.4 Å². The van der Waals surface area contributed by atoms with Crippen molar-refractivity contribution in [2.45, 2.75) is 64.8 Å². The van der Waals surface area contributed by atoms with Gasteiger partial charge in [-0.3, -0.25) is 0 Å². The Morgan fingerprint density at radius 2 is 1.85 bits per heavy atom. The van der Waals surface area contributed by atoms with Crippen LogP contribution in [0.3, 0.4) is 0 Å². The van der Waals surface area contributed by atoms with Gasteiger partial charge in [-0.05, 0) is 60.4 Å². The molecular formula is C23H31BO3. The average Bonchev–Trinajstić information content (AvgIpc) is 2.89. The van der Waals surface area contributed by atoms with Crippen LogP contribution in [0.1, 0.15) is 58.6 Å². The maximum Gasteiger partial charge on any atom is 0.490 e. The summed E-state index contributed by atoms with van der Waals surface area (Å²) in [6.45, 7) is 10.1. The van der Waals surface area contributed by atoms with Gasteiger partial charge in [-0.25, -0.2) is 0 Å². The Kier molecular flexibility index (Phi) is 4.13. The van der Waals surface area contributed by atoms with Gasteiger partial charge >= 0.3 is 7.12 Å².